The second-order valence-corrected chi connectivity index (χ2v) is 4.63. The first-order chi connectivity index (χ1) is 9.09. The van der Waals surface area contributed by atoms with Crippen molar-refractivity contribution in [1.29, 1.82) is 0 Å². The standard InChI is InChI=1S/C13H17N3O3/c1-16(10-4-6-14-7-5-10)12(17)9-2-3-11(13(18)19)15-8-9/h2-3,8,10,14H,4-7H2,1H3,(H,18,19). The smallest absolute Gasteiger partial charge is 0.354 e. The molecule has 0 unspecified atom stereocenters. The number of rotatable bonds is 3. The van der Waals surface area contributed by atoms with Crippen LogP contribution in [-0.4, -0.2) is 53.0 Å². The Balaban J connectivity index is 2.07. The van der Waals surface area contributed by atoms with Gasteiger partial charge >= 0.3 is 5.97 Å². The minimum absolute atomic E-state index is 0.0546. The highest BCUT2D eigenvalue weighted by molar-refractivity contribution is 5.94. The number of aromatic carboxylic acids is 1. The number of nitrogens with zero attached hydrogens (tertiary/aromatic N) is 2. The number of nitrogens with one attached hydrogen (secondary N) is 1. The summed E-state index contributed by atoms with van der Waals surface area (Å²) in [5.74, 6) is -1.21. The van der Waals surface area contributed by atoms with Gasteiger partial charge in [-0.2, -0.15) is 0 Å². The van der Waals surface area contributed by atoms with Crippen LogP contribution in [0.4, 0.5) is 0 Å². The van der Waals surface area contributed by atoms with Crippen molar-refractivity contribution in [3.8, 4) is 0 Å². The van der Waals surface area contributed by atoms with Gasteiger partial charge in [-0.15, -0.1) is 0 Å². The molecule has 0 spiro atoms. The molecule has 1 fully saturated rings. The van der Waals surface area contributed by atoms with E-state index < -0.39 is 5.97 Å². The maximum atomic E-state index is 12.2. The zero-order chi connectivity index (χ0) is 13.8. The van der Waals surface area contributed by atoms with E-state index in [0.717, 1.165) is 25.9 Å². The van der Waals surface area contributed by atoms with Gasteiger partial charge in [0.2, 0.25) is 0 Å². The van der Waals surface area contributed by atoms with E-state index in [-0.39, 0.29) is 17.6 Å². The van der Waals surface area contributed by atoms with Crippen molar-refractivity contribution in [3.63, 3.8) is 0 Å². The van der Waals surface area contributed by atoms with Crippen molar-refractivity contribution >= 4 is 11.9 Å². The van der Waals surface area contributed by atoms with Gasteiger partial charge in [-0.1, -0.05) is 0 Å². The third kappa shape index (κ3) is 3.08. The van der Waals surface area contributed by atoms with Crippen LogP contribution >= 0.6 is 0 Å². The van der Waals surface area contributed by atoms with Crippen LogP contribution in [0.25, 0.3) is 0 Å². The van der Waals surface area contributed by atoms with Gasteiger partial charge in [0, 0.05) is 19.3 Å². The van der Waals surface area contributed by atoms with Crippen LogP contribution in [0, 0.1) is 0 Å². The molecule has 2 N–H and O–H groups in total. The molecule has 1 aliphatic rings. The van der Waals surface area contributed by atoms with Gasteiger partial charge in [0.1, 0.15) is 5.69 Å². The first-order valence-electron chi connectivity index (χ1n) is 6.27. The van der Waals surface area contributed by atoms with E-state index in [2.05, 4.69) is 10.3 Å². The lowest BCUT2D eigenvalue weighted by atomic mass is 10.0. The zero-order valence-electron chi connectivity index (χ0n) is 10.8. The maximum Gasteiger partial charge on any atom is 0.354 e. The molecule has 1 aromatic rings. The van der Waals surface area contributed by atoms with Crippen molar-refractivity contribution in [3.05, 3.63) is 29.6 Å². The van der Waals surface area contributed by atoms with Crippen LogP contribution < -0.4 is 5.32 Å². The molecule has 0 radical (unpaired) electrons. The molecule has 0 aliphatic carbocycles. The van der Waals surface area contributed by atoms with Crippen molar-refractivity contribution in [2.24, 2.45) is 0 Å². The average Bonchev–Trinajstić information content (AvgIpc) is 2.46. The lowest BCUT2D eigenvalue weighted by molar-refractivity contribution is 0.0680. The number of carbonyl (C=O) groups excluding carboxylic acids is 1. The van der Waals surface area contributed by atoms with Crippen LogP contribution in [-0.2, 0) is 0 Å². The number of piperidine rings is 1. The number of aromatic nitrogens is 1. The molecule has 0 saturated carbocycles. The Labute approximate surface area is 111 Å². The van der Waals surface area contributed by atoms with E-state index in [1.807, 2.05) is 0 Å². The van der Waals surface area contributed by atoms with E-state index in [1.54, 1.807) is 11.9 Å². The number of carboxylic acid groups (broad SMARTS) is 1. The predicted octanol–water partition coefficient (Wildman–Crippen LogP) is 0.604. The summed E-state index contributed by atoms with van der Waals surface area (Å²) in [6, 6.07) is 3.09. The Morgan fingerprint density at radius 3 is 2.58 bits per heavy atom. The third-order valence-electron chi connectivity index (χ3n) is 3.41. The Bertz CT molecular complexity index is 467. The molecule has 2 rings (SSSR count). The Hall–Kier alpha value is -1.95. The van der Waals surface area contributed by atoms with Crippen LogP contribution in [0.3, 0.4) is 0 Å². The summed E-state index contributed by atoms with van der Waals surface area (Å²) in [6.45, 7) is 1.83. The molecule has 19 heavy (non-hydrogen) atoms. The normalized spacial score (nSPS) is 16.1. The molecular formula is C13H17N3O3. The fourth-order valence-electron chi connectivity index (χ4n) is 2.21. The number of carbonyl (C=O) groups is 2. The molecule has 0 bridgehead atoms. The van der Waals surface area contributed by atoms with Gasteiger partial charge in [0.25, 0.3) is 5.91 Å². The lowest BCUT2D eigenvalue weighted by Crippen LogP contribution is -2.44. The summed E-state index contributed by atoms with van der Waals surface area (Å²) in [4.78, 5) is 28.4. The van der Waals surface area contributed by atoms with Crippen LogP contribution in [0.5, 0.6) is 0 Å². The number of amides is 1. The summed E-state index contributed by atoms with van der Waals surface area (Å²) in [6.07, 6.45) is 3.19. The first kappa shape index (κ1) is 13.5. The maximum absolute atomic E-state index is 12.2. The lowest BCUT2D eigenvalue weighted by Gasteiger charge is -2.31. The molecular weight excluding hydrogens is 246 g/mol. The molecule has 102 valence electrons. The number of hydrogen-bond acceptors (Lipinski definition) is 4. The highest BCUT2D eigenvalue weighted by atomic mass is 16.4. The van der Waals surface area contributed by atoms with Crippen LogP contribution in [0.1, 0.15) is 33.7 Å². The second kappa shape index (κ2) is 5.79. The average molecular weight is 263 g/mol. The SMILES string of the molecule is CN(C(=O)c1ccc(C(=O)O)nc1)C1CCNCC1. The van der Waals surface area contributed by atoms with Crippen molar-refractivity contribution in [2.45, 2.75) is 18.9 Å². The third-order valence-corrected chi connectivity index (χ3v) is 3.41. The predicted molar refractivity (Wildman–Crippen MR) is 69.2 cm³/mol. The van der Waals surface area contributed by atoms with Gasteiger partial charge in [-0.05, 0) is 38.1 Å². The summed E-state index contributed by atoms with van der Waals surface area (Å²) in [5.41, 5.74) is 0.368. The second-order valence-electron chi connectivity index (χ2n) is 4.63. The quantitative estimate of drug-likeness (QED) is 0.834. The zero-order valence-corrected chi connectivity index (χ0v) is 10.8. The van der Waals surface area contributed by atoms with Gasteiger partial charge < -0.3 is 15.3 Å². The van der Waals surface area contributed by atoms with Crippen LogP contribution in [0.2, 0.25) is 0 Å². The van der Waals surface area contributed by atoms with E-state index in [0.29, 0.717) is 5.56 Å². The molecule has 2 heterocycles. The molecule has 1 aliphatic heterocycles. The van der Waals surface area contributed by atoms with E-state index in [4.69, 9.17) is 5.11 Å². The molecule has 1 amide bonds. The van der Waals surface area contributed by atoms with Crippen molar-refractivity contribution in [2.75, 3.05) is 20.1 Å². The number of carboxylic acids is 1. The molecule has 0 aromatic carbocycles. The highest BCUT2D eigenvalue weighted by Gasteiger charge is 2.23. The highest BCUT2D eigenvalue weighted by Crippen LogP contribution is 2.13. The Morgan fingerprint density at radius 2 is 2.05 bits per heavy atom. The van der Waals surface area contributed by atoms with E-state index in [1.165, 1.54) is 18.3 Å². The van der Waals surface area contributed by atoms with Gasteiger partial charge in [-0.25, -0.2) is 9.78 Å². The minimum Gasteiger partial charge on any atom is -0.477 e. The van der Waals surface area contributed by atoms with Crippen molar-refractivity contribution < 1.29 is 14.7 Å². The number of hydrogen-bond donors (Lipinski definition) is 2. The Kier molecular flexibility index (Phi) is 4.11. The van der Waals surface area contributed by atoms with Gasteiger partial charge in [0.05, 0.1) is 5.56 Å². The molecule has 1 aromatic heterocycles. The summed E-state index contributed by atoms with van der Waals surface area (Å²) in [5, 5.41) is 12.0. The molecule has 1 saturated heterocycles. The van der Waals surface area contributed by atoms with E-state index >= 15 is 0 Å². The van der Waals surface area contributed by atoms with Gasteiger partial charge in [-0.3, -0.25) is 4.79 Å². The topological polar surface area (TPSA) is 82.5 Å². The van der Waals surface area contributed by atoms with Crippen LogP contribution in [0.15, 0.2) is 18.3 Å². The fourth-order valence-corrected chi connectivity index (χ4v) is 2.21. The summed E-state index contributed by atoms with van der Waals surface area (Å²) in [7, 11) is 1.78. The largest absolute Gasteiger partial charge is 0.477 e. The number of pyridine rings is 1. The minimum atomic E-state index is -1.09. The van der Waals surface area contributed by atoms with Crippen molar-refractivity contribution in [1.82, 2.24) is 15.2 Å². The van der Waals surface area contributed by atoms with Gasteiger partial charge in [0.15, 0.2) is 0 Å². The molecule has 0 atom stereocenters. The Morgan fingerprint density at radius 1 is 1.37 bits per heavy atom. The summed E-state index contributed by atoms with van der Waals surface area (Å²) >= 11 is 0. The van der Waals surface area contributed by atoms with E-state index in [9.17, 15) is 9.59 Å². The molecule has 6 heteroatoms. The fraction of sp³-hybridized carbons (Fsp3) is 0.462. The monoisotopic (exact) mass is 263 g/mol. The first-order valence-corrected chi connectivity index (χ1v) is 6.27. The summed E-state index contributed by atoms with van der Waals surface area (Å²) < 4.78 is 0. The molecule has 6 nitrogen and oxygen atoms in total.